The van der Waals surface area contributed by atoms with Gasteiger partial charge in [0.05, 0.1) is 0 Å². The van der Waals surface area contributed by atoms with Crippen LogP contribution in [0, 0.1) is 17.3 Å². The number of hydrogen-bond acceptors (Lipinski definition) is 3. The standard InChI is InChI=1S/C20H27N3O2/c24-18(11-15-3-1-2-4-15)23-10-7-20(14-23)12-17(20)19(25)22-13-16-5-8-21-9-6-16/h5-6,8-9,15,17H,1-4,7,10-14H2,(H,22,25)/t17-,20-/m1/s1. The number of carbonyl (C=O) groups excluding carboxylic acids is 2. The fourth-order valence-electron chi connectivity index (χ4n) is 4.68. The van der Waals surface area contributed by atoms with Gasteiger partial charge in [-0.1, -0.05) is 12.8 Å². The van der Waals surface area contributed by atoms with Crippen molar-refractivity contribution in [2.24, 2.45) is 17.3 Å². The topological polar surface area (TPSA) is 62.3 Å². The molecule has 0 bridgehead atoms. The molecule has 2 amide bonds. The van der Waals surface area contributed by atoms with Crippen LogP contribution in [0.3, 0.4) is 0 Å². The van der Waals surface area contributed by atoms with Gasteiger partial charge < -0.3 is 10.2 Å². The van der Waals surface area contributed by atoms with E-state index >= 15 is 0 Å². The van der Waals surface area contributed by atoms with Crippen LogP contribution in [0.25, 0.3) is 0 Å². The van der Waals surface area contributed by atoms with Crippen molar-refractivity contribution in [3.8, 4) is 0 Å². The van der Waals surface area contributed by atoms with Gasteiger partial charge in [0.1, 0.15) is 0 Å². The fourth-order valence-corrected chi connectivity index (χ4v) is 4.68. The van der Waals surface area contributed by atoms with Gasteiger partial charge >= 0.3 is 0 Å². The molecular formula is C20H27N3O2. The highest BCUT2D eigenvalue weighted by Gasteiger charge is 2.61. The molecule has 0 unspecified atom stereocenters. The van der Waals surface area contributed by atoms with E-state index in [9.17, 15) is 9.59 Å². The summed E-state index contributed by atoms with van der Waals surface area (Å²) in [6.07, 6.45) is 11.1. The van der Waals surface area contributed by atoms with Crippen molar-refractivity contribution in [2.75, 3.05) is 13.1 Å². The Bertz CT molecular complexity index is 642. The molecule has 2 aliphatic carbocycles. The maximum absolute atomic E-state index is 12.5. The van der Waals surface area contributed by atoms with Gasteiger partial charge in [-0.15, -0.1) is 0 Å². The Morgan fingerprint density at radius 1 is 1.24 bits per heavy atom. The quantitative estimate of drug-likeness (QED) is 0.895. The first-order chi connectivity index (χ1) is 12.2. The molecule has 5 heteroatoms. The van der Waals surface area contributed by atoms with Gasteiger partial charge in [-0.25, -0.2) is 0 Å². The van der Waals surface area contributed by atoms with Crippen LogP contribution in [0.1, 0.15) is 50.5 Å². The molecule has 3 fully saturated rings. The molecule has 2 heterocycles. The molecule has 1 aromatic heterocycles. The number of aromatic nitrogens is 1. The van der Waals surface area contributed by atoms with Crippen LogP contribution in [0.4, 0.5) is 0 Å². The van der Waals surface area contributed by atoms with Crippen molar-refractivity contribution < 1.29 is 9.59 Å². The number of amides is 2. The Balaban J connectivity index is 1.25. The Kier molecular flexibility index (Phi) is 4.48. The number of hydrogen-bond donors (Lipinski definition) is 1. The van der Waals surface area contributed by atoms with Crippen LogP contribution in [-0.2, 0) is 16.1 Å². The highest BCUT2D eigenvalue weighted by molar-refractivity contribution is 5.83. The van der Waals surface area contributed by atoms with Crippen molar-refractivity contribution in [2.45, 2.75) is 51.5 Å². The Morgan fingerprint density at radius 2 is 2.00 bits per heavy atom. The van der Waals surface area contributed by atoms with E-state index in [2.05, 4.69) is 10.3 Å². The first-order valence-electron chi connectivity index (χ1n) is 9.61. The molecule has 1 aromatic rings. The normalized spacial score (nSPS) is 28.5. The molecule has 25 heavy (non-hydrogen) atoms. The average Bonchev–Trinajstić information content (AvgIpc) is 2.96. The minimum Gasteiger partial charge on any atom is -0.352 e. The monoisotopic (exact) mass is 341 g/mol. The second-order valence-electron chi connectivity index (χ2n) is 8.11. The number of pyridine rings is 1. The molecular weight excluding hydrogens is 314 g/mol. The predicted octanol–water partition coefficient (Wildman–Crippen LogP) is 2.52. The molecule has 5 nitrogen and oxygen atoms in total. The highest BCUT2D eigenvalue weighted by Crippen LogP contribution is 2.58. The Labute approximate surface area is 149 Å². The fraction of sp³-hybridized carbons (Fsp3) is 0.650. The first kappa shape index (κ1) is 16.6. The van der Waals surface area contributed by atoms with Gasteiger partial charge in [0.2, 0.25) is 11.8 Å². The van der Waals surface area contributed by atoms with E-state index < -0.39 is 0 Å². The third kappa shape index (κ3) is 3.55. The van der Waals surface area contributed by atoms with Gasteiger partial charge in [0, 0.05) is 49.8 Å². The largest absolute Gasteiger partial charge is 0.352 e. The zero-order chi connectivity index (χ0) is 17.3. The van der Waals surface area contributed by atoms with E-state index in [-0.39, 0.29) is 17.2 Å². The summed E-state index contributed by atoms with van der Waals surface area (Å²) in [4.78, 5) is 31.0. The summed E-state index contributed by atoms with van der Waals surface area (Å²) in [7, 11) is 0. The predicted molar refractivity (Wildman–Crippen MR) is 94.4 cm³/mol. The number of rotatable bonds is 5. The number of nitrogens with zero attached hydrogens (tertiary/aromatic N) is 2. The van der Waals surface area contributed by atoms with E-state index in [0.717, 1.165) is 37.9 Å². The minimum atomic E-state index is 0.0632. The Morgan fingerprint density at radius 3 is 2.76 bits per heavy atom. The Hall–Kier alpha value is -1.91. The van der Waals surface area contributed by atoms with Crippen molar-refractivity contribution >= 4 is 11.8 Å². The van der Waals surface area contributed by atoms with Crippen molar-refractivity contribution in [3.05, 3.63) is 30.1 Å². The number of nitrogens with one attached hydrogen (secondary N) is 1. The molecule has 4 rings (SSSR count). The van der Waals surface area contributed by atoms with Crippen molar-refractivity contribution in [3.63, 3.8) is 0 Å². The van der Waals surface area contributed by atoms with E-state index in [1.807, 2.05) is 17.0 Å². The lowest BCUT2D eigenvalue weighted by Crippen LogP contribution is -2.32. The summed E-state index contributed by atoms with van der Waals surface area (Å²) in [5.41, 5.74) is 1.13. The maximum Gasteiger partial charge on any atom is 0.224 e. The lowest BCUT2D eigenvalue weighted by molar-refractivity contribution is -0.131. The van der Waals surface area contributed by atoms with E-state index in [0.29, 0.717) is 18.4 Å². The van der Waals surface area contributed by atoms with Crippen LogP contribution < -0.4 is 5.32 Å². The van der Waals surface area contributed by atoms with Crippen LogP contribution in [0.15, 0.2) is 24.5 Å². The summed E-state index contributed by atoms with van der Waals surface area (Å²) in [6.45, 7) is 2.17. The SMILES string of the molecule is O=C(NCc1ccncc1)[C@H]1C[C@@]12CCN(C(=O)CC1CCCC1)C2. The minimum absolute atomic E-state index is 0.0632. The van der Waals surface area contributed by atoms with Gasteiger partial charge in [-0.3, -0.25) is 14.6 Å². The average molecular weight is 341 g/mol. The smallest absolute Gasteiger partial charge is 0.224 e. The second kappa shape index (κ2) is 6.77. The zero-order valence-corrected chi connectivity index (χ0v) is 14.7. The summed E-state index contributed by atoms with van der Waals surface area (Å²) in [6, 6.07) is 3.84. The maximum atomic E-state index is 12.5. The van der Waals surface area contributed by atoms with Gasteiger partial charge in [-0.05, 0) is 49.3 Å². The molecule has 1 spiro atoms. The number of carbonyl (C=O) groups is 2. The molecule has 1 aliphatic heterocycles. The molecule has 1 N–H and O–H groups in total. The second-order valence-corrected chi connectivity index (χ2v) is 8.11. The lowest BCUT2D eigenvalue weighted by Gasteiger charge is -2.19. The van der Waals surface area contributed by atoms with E-state index in [4.69, 9.17) is 0 Å². The third-order valence-electron chi connectivity index (χ3n) is 6.40. The van der Waals surface area contributed by atoms with Gasteiger partial charge in [-0.2, -0.15) is 0 Å². The van der Waals surface area contributed by atoms with Crippen molar-refractivity contribution in [1.29, 1.82) is 0 Å². The van der Waals surface area contributed by atoms with E-state index in [1.54, 1.807) is 12.4 Å². The molecule has 2 saturated carbocycles. The third-order valence-corrected chi connectivity index (χ3v) is 6.40. The van der Waals surface area contributed by atoms with Crippen LogP contribution in [-0.4, -0.2) is 34.8 Å². The van der Waals surface area contributed by atoms with Crippen LogP contribution >= 0.6 is 0 Å². The van der Waals surface area contributed by atoms with Gasteiger partial charge in [0.15, 0.2) is 0 Å². The summed E-state index contributed by atoms with van der Waals surface area (Å²) < 4.78 is 0. The van der Waals surface area contributed by atoms with Crippen molar-refractivity contribution in [1.82, 2.24) is 15.2 Å². The molecule has 134 valence electrons. The van der Waals surface area contributed by atoms with Crippen LogP contribution in [0.5, 0.6) is 0 Å². The zero-order valence-electron chi connectivity index (χ0n) is 14.7. The van der Waals surface area contributed by atoms with Crippen LogP contribution in [0.2, 0.25) is 0 Å². The number of likely N-dealkylation sites (tertiary alicyclic amines) is 1. The molecule has 0 aromatic carbocycles. The highest BCUT2D eigenvalue weighted by atomic mass is 16.2. The molecule has 1 saturated heterocycles. The lowest BCUT2D eigenvalue weighted by atomic mass is 10.0. The first-order valence-corrected chi connectivity index (χ1v) is 9.61. The summed E-state index contributed by atoms with van der Waals surface area (Å²) in [5, 5.41) is 3.04. The van der Waals surface area contributed by atoms with E-state index in [1.165, 1.54) is 25.7 Å². The van der Waals surface area contributed by atoms with Gasteiger partial charge in [0.25, 0.3) is 0 Å². The summed E-state index contributed by atoms with van der Waals surface area (Å²) in [5.74, 6) is 1.13. The molecule has 2 atom stereocenters. The molecule has 3 aliphatic rings. The summed E-state index contributed by atoms with van der Waals surface area (Å²) >= 11 is 0. The molecule has 0 radical (unpaired) electrons.